The Morgan fingerprint density at radius 2 is 1.62 bits per heavy atom. The monoisotopic (exact) mass is 222 g/mol. The van der Waals surface area contributed by atoms with Crippen LogP contribution in [-0.4, -0.2) is 35.6 Å². The van der Waals surface area contributed by atoms with E-state index in [-0.39, 0.29) is 0 Å². The van der Waals surface area contributed by atoms with Crippen molar-refractivity contribution in [2.24, 2.45) is 5.92 Å². The lowest BCUT2D eigenvalue weighted by atomic mass is 9.78. The van der Waals surface area contributed by atoms with Crippen molar-refractivity contribution in [1.82, 2.24) is 10.2 Å². The Balaban J connectivity index is 1.62. The summed E-state index contributed by atoms with van der Waals surface area (Å²) < 4.78 is 0. The van der Waals surface area contributed by atoms with Gasteiger partial charge in [-0.15, -0.1) is 0 Å². The first-order valence-electron chi connectivity index (χ1n) is 7.28. The van der Waals surface area contributed by atoms with Gasteiger partial charge in [0.1, 0.15) is 0 Å². The molecule has 2 nitrogen and oxygen atoms in total. The molecule has 0 amide bonds. The lowest BCUT2D eigenvalue weighted by molar-refractivity contribution is 0.0101. The van der Waals surface area contributed by atoms with E-state index in [9.17, 15) is 0 Å². The average Bonchev–Trinajstić information content (AvgIpc) is 2.45. The van der Waals surface area contributed by atoms with E-state index in [0.717, 1.165) is 36.6 Å². The lowest BCUT2D eigenvalue weighted by Crippen LogP contribution is -2.56. The summed E-state index contributed by atoms with van der Waals surface area (Å²) in [5.41, 5.74) is 0. The predicted molar refractivity (Wildman–Crippen MR) is 67.5 cm³/mol. The number of hydrogen-bond acceptors (Lipinski definition) is 2. The Kier molecular flexibility index (Phi) is 2.97. The van der Waals surface area contributed by atoms with E-state index in [1.807, 2.05) is 0 Å². The average molecular weight is 222 g/mol. The normalized spacial score (nSPS) is 48.0. The first-order valence-corrected chi connectivity index (χ1v) is 7.28. The van der Waals surface area contributed by atoms with E-state index in [1.54, 1.807) is 0 Å². The molecule has 0 radical (unpaired) electrons. The third-order valence-corrected chi connectivity index (χ3v) is 5.05. The van der Waals surface area contributed by atoms with Gasteiger partial charge < -0.3 is 5.32 Å². The maximum atomic E-state index is 3.66. The van der Waals surface area contributed by atoms with E-state index in [1.165, 1.54) is 38.5 Å². The Morgan fingerprint density at radius 1 is 1.00 bits per heavy atom. The summed E-state index contributed by atoms with van der Waals surface area (Å²) in [7, 11) is 0. The van der Waals surface area contributed by atoms with Crippen LogP contribution in [0.1, 0.15) is 52.4 Å². The van der Waals surface area contributed by atoms with Crippen LogP contribution in [0.4, 0.5) is 0 Å². The van der Waals surface area contributed by atoms with Crippen molar-refractivity contribution in [3.05, 3.63) is 0 Å². The van der Waals surface area contributed by atoms with Gasteiger partial charge in [0.2, 0.25) is 0 Å². The maximum absolute atomic E-state index is 3.66. The second kappa shape index (κ2) is 4.30. The van der Waals surface area contributed by atoms with Crippen molar-refractivity contribution < 1.29 is 0 Å². The van der Waals surface area contributed by atoms with Crippen LogP contribution in [0.5, 0.6) is 0 Å². The van der Waals surface area contributed by atoms with Crippen molar-refractivity contribution in [2.75, 3.05) is 6.54 Å². The molecular weight excluding hydrogens is 196 g/mol. The van der Waals surface area contributed by atoms with Crippen LogP contribution in [0, 0.1) is 5.92 Å². The highest BCUT2D eigenvalue weighted by Gasteiger charge is 2.46. The Bertz CT molecular complexity index is 233. The van der Waals surface area contributed by atoms with Gasteiger partial charge in [-0.2, -0.15) is 0 Å². The number of rotatable bonds is 3. The zero-order chi connectivity index (χ0) is 11.1. The Labute approximate surface area is 99.8 Å². The topological polar surface area (TPSA) is 15.3 Å². The fourth-order valence-electron chi connectivity index (χ4n) is 4.37. The molecule has 2 heteroatoms. The smallest absolute Gasteiger partial charge is 0.0116 e. The van der Waals surface area contributed by atoms with E-state index in [4.69, 9.17) is 0 Å². The molecule has 92 valence electrons. The molecule has 0 aromatic carbocycles. The first-order chi connectivity index (χ1) is 7.78. The summed E-state index contributed by atoms with van der Waals surface area (Å²) in [6, 6.07) is 3.60. The molecule has 1 N–H and O–H groups in total. The van der Waals surface area contributed by atoms with Gasteiger partial charge in [-0.3, -0.25) is 4.90 Å². The van der Waals surface area contributed by atoms with Crippen molar-refractivity contribution in [3.63, 3.8) is 0 Å². The SMILES string of the molecule is CCNC1CC2CCC(C1)N2C1CC(C)C1. The van der Waals surface area contributed by atoms with E-state index in [0.29, 0.717) is 0 Å². The summed E-state index contributed by atoms with van der Waals surface area (Å²) in [5, 5.41) is 3.66. The standard InChI is InChI=1S/C14H26N2/c1-3-15-11-8-12-4-5-13(9-11)16(12)14-6-10(2)7-14/h10-15H,3-9H2,1-2H3. The molecule has 3 rings (SSSR count). The van der Waals surface area contributed by atoms with Crippen LogP contribution in [-0.2, 0) is 0 Å². The number of hydrogen-bond donors (Lipinski definition) is 1. The van der Waals surface area contributed by atoms with Gasteiger partial charge in [-0.05, 0) is 51.0 Å². The van der Waals surface area contributed by atoms with Gasteiger partial charge >= 0.3 is 0 Å². The van der Waals surface area contributed by atoms with Crippen LogP contribution in [0.25, 0.3) is 0 Å². The number of nitrogens with zero attached hydrogens (tertiary/aromatic N) is 1. The molecular formula is C14H26N2. The van der Waals surface area contributed by atoms with Gasteiger partial charge in [0, 0.05) is 24.2 Å². The van der Waals surface area contributed by atoms with Crippen molar-refractivity contribution in [1.29, 1.82) is 0 Å². The quantitative estimate of drug-likeness (QED) is 0.789. The molecule has 3 aliphatic rings. The Hall–Kier alpha value is -0.0800. The van der Waals surface area contributed by atoms with E-state index < -0.39 is 0 Å². The third-order valence-electron chi connectivity index (χ3n) is 5.05. The van der Waals surface area contributed by atoms with Gasteiger partial charge in [0.25, 0.3) is 0 Å². The fourth-order valence-corrected chi connectivity index (χ4v) is 4.37. The number of piperidine rings is 1. The van der Waals surface area contributed by atoms with Crippen LogP contribution in [0.3, 0.4) is 0 Å². The minimum Gasteiger partial charge on any atom is -0.314 e. The van der Waals surface area contributed by atoms with Crippen LogP contribution in [0.2, 0.25) is 0 Å². The highest BCUT2D eigenvalue weighted by atomic mass is 15.3. The van der Waals surface area contributed by atoms with Gasteiger partial charge in [0.15, 0.2) is 0 Å². The number of fused-ring (bicyclic) bond motifs is 2. The molecule has 0 aromatic rings. The molecule has 1 aliphatic carbocycles. The lowest BCUT2D eigenvalue weighted by Gasteiger charge is -2.49. The third kappa shape index (κ3) is 1.80. The van der Waals surface area contributed by atoms with E-state index in [2.05, 4.69) is 24.1 Å². The molecule has 2 atom stereocenters. The van der Waals surface area contributed by atoms with Crippen LogP contribution >= 0.6 is 0 Å². The predicted octanol–water partition coefficient (Wildman–Crippen LogP) is 2.39. The molecule has 3 fully saturated rings. The highest BCUT2D eigenvalue weighted by Crippen LogP contribution is 2.43. The second-order valence-corrected chi connectivity index (χ2v) is 6.29. The minimum atomic E-state index is 0.816. The summed E-state index contributed by atoms with van der Waals surface area (Å²) in [4.78, 5) is 2.91. The van der Waals surface area contributed by atoms with Crippen molar-refractivity contribution >= 4 is 0 Å². The Morgan fingerprint density at radius 3 is 2.12 bits per heavy atom. The first kappa shape index (κ1) is 11.0. The van der Waals surface area contributed by atoms with Gasteiger partial charge in [-0.1, -0.05) is 13.8 Å². The van der Waals surface area contributed by atoms with E-state index >= 15 is 0 Å². The zero-order valence-corrected chi connectivity index (χ0v) is 10.8. The minimum absolute atomic E-state index is 0.816. The molecule has 1 saturated carbocycles. The largest absolute Gasteiger partial charge is 0.314 e. The summed E-state index contributed by atoms with van der Waals surface area (Å²) in [5.74, 6) is 0.996. The highest BCUT2D eigenvalue weighted by molar-refractivity contribution is 5.02. The van der Waals surface area contributed by atoms with Crippen LogP contribution in [0.15, 0.2) is 0 Å². The summed E-state index contributed by atoms with van der Waals surface area (Å²) in [6.07, 6.45) is 8.71. The molecule has 16 heavy (non-hydrogen) atoms. The maximum Gasteiger partial charge on any atom is 0.0116 e. The molecule has 0 aromatic heterocycles. The van der Waals surface area contributed by atoms with Crippen LogP contribution < -0.4 is 5.32 Å². The molecule has 2 bridgehead atoms. The van der Waals surface area contributed by atoms with Crippen molar-refractivity contribution in [2.45, 2.75) is 76.5 Å². The summed E-state index contributed by atoms with van der Waals surface area (Å²) >= 11 is 0. The van der Waals surface area contributed by atoms with Gasteiger partial charge in [0.05, 0.1) is 0 Å². The molecule has 2 unspecified atom stereocenters. The zero-order valence-electron chi connectivity index (χ0n) is 10.8. The summed E-state index contributed by atoms with van der Waals surface area (Å²) in [6.45, 7) is 5.79. The molecule has 2 aliphatic heterocycles. The van der Waals surface area contributed by atoms with Crippen molar-refractivity contribution in [3.8, 4) is 0 Å². The number of nitrogens with one attached hydrogen (secondary N) is 1. The molecule has 2 saturated heterocycles. The second-order valence-electron chi connectivity index (χ2n) is 6.29. The van der Waals surface area contributed by atoms with Gasteiger partial charge in [-0.25, -0.2) is 0 Å². The molecule has 2 heterocycles. The fraction of sp³-hybridized carbons (Fsp3) is 1.00. The molecule has 0 spiro atoms.